The predicted molar refractivity (Wildman–Crippen MR) is 51.9 cm³/mol. The van der Waals surface area contributed by atoms with Crippen LogP contribution in [0.15, 0.2) is 4.99 Å². The lowest BCUT2D eigenvalue weighted by Crippen LogP contribution is -2.18. The van der Waals surface area contributed by atoms with Crippen molar-refractivity contribution in [3.63, 3.8) is 0 Å². The third-order valence-electron chi connectivity index (χ3n) is 2.42. The smallest absolute Gasteiger partial charge is 0.351 e. The summed E-state index contributed by atoms with van der Waals surface area (Å²) in [4.78, 5) is 15.5. The van der Waals surface area contributed by atoms with Gasteiger partial charge in [0.1, 0.15) is 5.71 Å². The van der Waals surface area contributed by atoms with Gasteiger partial charge in [-0.2, -0.15) is 0 Å². The third kappa shape index (κ3) is 2.83. The van der Waals surface area contributed by atoms with E-state index in [2.05, 4.69) is 16.7 Å². The first kappa shape index (κ1) is 10.2. The summed E-state index contributed by atoms with van der Waals surface area (Å²) in [6.07, 6.45) is 3.16. The molecule has 1 atom stereocenters. The molecule has 0 bridgehead atoms. The van der Waals surface area contributed by atoms with Gasteiger partial charge in [-0.15, -0.1) is 0 Å². The average Bonchev–Trinajstić information content (AvgIpc) is 2.95. The van der Waals surface area contributed by atoms with Crippen molar-refractivity contribution in [2.75, 3.05) is 7.11 Å². The quantitative estimate of drug-likeness (QED) is 0.492. The first-order valence-electron chi connectivity index (χ1n) is 4.84. The molecule has 1 fully saturated rings. The van der Waals surface area contributed by atoms with Gasteiger partial charge in [-0.25, -0.2) is 4.79 Å². The summed E-state index contributed by atoms with van der Waals surface area (Å²) in [7, 11) is 1.40. The van der Waals surface area contributed by atoms with E-state index >= 15 is 0 Å². The van der Waals surface area contributed by atoms with Crippen LogP contribution in [0.5, 0.6) is 0 Å². The Bertz CT molecular complexity index is 219. The maximum Gasteiger partial charge on any atom is 0.351 e. The van der Waals surface area contributed by atoms with E-state index in [1.54, 1.807) is 0 Å². The molecule has 0 aromatic carbocycles. The molecule has 1 unspecified atom stereocenters. The molecule has 0 aromatic heterocycles. The molecule has 0 amide bonds. The number of ether oxygens (including phenoxy) is 1. The Morgan fingerprint density at radius 2 is 2.23 bits per heavy atom. The molecule has 3 nitrogen and oxygen atoms in total. The number of rotatable bonds is 4. The molecule has 3 heteroatoms. The molecule has 13 heavy (non-hydrogen) atoms. The van der Waals surface area contributed by atoms with Gasteiger partial charge in [-0.3, -0.25) is 4.99 Å². The Morgan fingerprint density at radius 1 is 1.62 bits per heavy atom. The fraction of sp³-hybridized carbons (Fsp3) is 0.800. The Kier molecular flexibility index (Phi) is 3.46. The van der Waals surface area contributed by atoms with Crippen molar-refractivity contribution >= 4 is 11.7 Å². The fourth-order valence-corrected chi connectivity index (χ4v) is 1.34. The second-order valence-corrected chi connectivity index (χ2v) is 3.50. The summed E-state index contributed by atoms with van der Waals surface area (Å²) in [5.74, 6) is 0.418. The minimum Gasteiger partial charge on any atom is -0.465 e. The Labute approximate surface area is 79.2 Å². The van der Waals surface area contributed by atoms with E-state index in [1.807, 2.05) is 6.92 Å². The number of hydrogen-bond donors (Lipinski definition) is 0. The number of carbonyl (C=O) groups is 1. The maximum absolute atomic E-state index is 11.2. The van der Waals surface area contributed by atoms with Gasteiger partial charge in [-0.1, -0.05) is 6.92 Å². The molecule has 0 N–H and O–H groups in total. The minimum absolute atomic E-state index is 0.282. The van der Waals surface area contributed by atoms with Gasteiger partial charge >= 0.3 is 5.97 Å². The third-order valence-corrected chi connectivity index (χ3v) is 2.42. The molecular weight excluding hydrogens is 166 g/mol. The molecule has 1 aliphatic rings. The first-order valence-corrected chi connectivity index (χ1v) is 4.84. The number of methoxy groups -OCH3 is 1. The summed E-state index contributed by atoms with van der Waals surface area (Å²) in [6, 6.07) is 0.286. The average molecular weight is 183 g/mol. The molecule has 74 valence electrons. The van der Waals surface area contributed by atoms with Crippen LogP contribution in [0.4, 0.5) is 0 Å². The second kappa shape index (κ2) is 4.40. The van der Waals surface area contributed by atoms with Crippen LogP contribution >= 0.6 is 0 Å². The molecule has 0 radical (unpaired) electrons. The highest BCUT2D eigenvalue weighted by atomic mass is 16.5. The van der Waals surface area contributed by atoms with Crippen LogP contribution < -0.4 is 0 Å². The Balaban J connectivity index is 2.57. The molecule has 0 aliphatic heterocycles. The lowest BCUT2D eigenvalue weighted by Gasteiger charge is -2.06. The topological polar surface area (TPSA) is 38.7 Å². The van der Waals surface area contributed by atoms with E-state index in [4.69, 9.17) is 0 Å². The van der Waals surface area contributed by atoms with E-state index < -0.39 is 0 Å². The maximum atomic E-state index is 11.2. The summed E-state index contributed by atoms with van der Waals surface area (Å²) >= 11 is 0. The Hall–Kier alpha value is -0.860. The molecule has 0 heterocycles. The SMILES string of the molecule is CCC(=NC(C)C1CC1)C(=O)OC. The fourth-order valence-electron chi connectivity index (χ4n) is 1.34. The molecule has 1 rings (SSSR count). The van der Waals surface area contributed by atoms with Gasteiger partial charge in [0, 0.05) is 0 Å². The van der Waals surface area contributed by atoms with Crippen molar-refractivity contribution in [2.24, 2.45) is 10.9 Å². The molecule has 1 aliphatic carbocycles. The number of carbonyl (C=O) groups excluding carboxylic acids is 1. The highest BCUT2D eigenvalue weighted by molar-refractivity contribution is 6.36. The standard InChI is InChI=1S/C10H17NO2/c1-4-9(10(12)13-3)11-7(2)8-5-6-8/h7-8H,4-6H2,1-3H3. The van der Waals surface area contributed by atoms with Gasteiger partial charge in [0.05, 0.1) is 13.2 Å². The second-order valence-electron chi connectivity index (χ2n) is 3.50. The van der Waals surface area contributed by atoms with Gasteiger partial charge < -0.3 is 4.74 Å². The van der Waals surface area contributed by atoms with Crippen LogP contribution in [0.1, 0.15) is 33.1 Å². The van der Waals surface area contributed by atoms with E-state index in [1.165, 1.54) is 20.0 Å². The van der Waals surface area contributed by atoms with Crippen molar-refractivity contribution in [3.8, 4) is 0 Å². The van der Waals surface area contributed by atoms with Crippen LogP contribution in [0, 0.1) is 5.92 Å². The van der Waals surface area contributed by atoms with Crippen LogP contribution in [0.25, 0.3) is 0 Å². The summed E-state index contributed by atoms with van der Waals surface area (Å²) in [5, 5.41) is 0. The zero-order valence-electron chi connectivity index (χ0n) is 8.54. The lowest BCUT2D eigenvalue weighted by atomic mass is 10.2. The van der Waals surface area contributed by atoms with Gasteiger partial charge in [0.2, 0.25) is 0 Å². The van der Waals surface area contributed by atoms with Gasteiger partial charge in [-0.05, 0) is 32.1 Å². The molecular formula is C10H17NO2. The lowest BCUT2D eigenvalue weighted by molar-refractivity contribution is -0.132. The van der Waals surface area contributed by atoms with E-state index in [9.17, 15) is 4.79 Å². The number of hydrogen-bond acceptors (Lipinski definition) is 3. The van der Waals surface area contributed by atoms with Crippen molar-refractivity contribution in [2.45, 2.75) is 39.2 Å². The molecule has 0 aromatic rings. The van der Waals surface area contributed by atoms with Crippen molar-refractivity contribution in [3.05, 3.63) is 0 Å². The first-order chi connectivity index (χ1) is 6.19. The minimum atomic E-state index is -0.282. The van der Waals surface area contributed by atoms with Crippen LogP contribution in [0.2, 0.25) is 0 Å². The number of esters is 1. The van der Waals surface area contributed by atoms with Gasteiger partial charge in [0.15, 0.2) is 0 Å². The van der Waals surface area contributed by atoms with Crippen LogP contribution in [-0.4, -0.2) is 24.8 Å². The summed E-state index contributed by atoms with van der Waals surface area (Å²) < 4.78 is 4.63. The Morgan fingerprint density at radius 3 is 2.62 bits per heavy atom. The van der Waals surface area contributed by atoms with Crippen molar-refractivity contribution < 1.29 is 9.53 Å². The molecule has 0 saturated heterocycles. The van der Waals surface area contributed by atoms with E-state index in [0.29, 0.717) is 18.1 Å². The predicted octanol–water partition coefficient (Wildman–Crippen LogP) is 1.81. The highest BCUT2D eigenvalue weighted by Crippen LogP contribution is 2.34. The van der Waals surface area contributed by atoms with Crippen molar-refractivity contribution in [1.29, 1.82) is 0 Å². The van der Waals surface area contributed by atoms with Gasteiger partial charge in [0.25, 0.3) is 0 Å². The highest BCUT2D eigenvalue weighted by Gasteiger charge is 2.28. The normalized spacial score (nSPS) is 19.8. The zero-order valence-corrected chi connectivity index (χ0v) is 8.54. The van der Waals surface area contributed by atoms with Crippen LogP contribution in [-0.2, 0) is 9.53 Å². The van der Waals surface area contributed by atoms with E-state index in [0.717, 1.165) is 0 Å². The zero-order chi connectivity index (χ0) is 9.84. The summed E-state index contributed by atoms with van der Waals surface area (Å²) in [5.41, 5.74) is 0.571. The van der Waals surface area contributed by atoms with Crippen LogP contribution in [0.3, 0.4) is 0 Å². The van der Waals surface area contributed by atoms with Crippen molar-refractivity contribution in [1.82, 2.24) is 0 Å². The number of aliphatic imine (C=N–C) groups is 1. The largest absolute Gasteiger partial charge is 0.465 e. The monoisotopic (exact) mass is 183 g/mol. The number of nitrogens with zero attached hydrogens (tertiary/aromatic N) is 1. The molecule has 0 spiro atoms. The molecule has 1 saturated carbocycles. The summed E-state index contributed by atoms with van der Waals surface area (Å²) in [6.45, 7) is 3.99. The van der Waals surface area contributed by atoms with E-state index in [-0.39, 0.29) is 12.0 Å².